The molecule has 0 unspecified atom stereocenters. The molecule has 9 nitrogen and oxygen atoms in total. The van der Waals surface area contributed by atoms with Gasteiger partial charge in [0.1, 0.15) is 17.5 Å². The largest absolute Gasteiger partial charge is 0.496 e. The highest BCUT2D eigenvalue weighted by Crippen LogP contribution is 2.23. The summed E-state index contributed by atoms with van der Waals surface area (Å²) in [7, 11) is 2.90. The zero-order valence-corrected chi connectivity index (χ0v) is 17.6. The topological polar surface area (TPSA) is 146 Å². The summed E-state index contributed by atoms with van der Waals surface area (Å²) in [5, 5.41) is 5.48. The molecule has 2 aromatic carbocycles. The molecule has 2 rings (SSSR count). The molecule has 1 atom stereocenters. The van der Waals surface area contributed by atoms with E-state index in [2.05, 4.69) is 10.6 Å². The molecule has 0 saturated heterocycles. The van der Waals surface area contributed by atoms with Crippen molar-refractivity contribution >= 4 is 29.5 Å². The van der Waals surface area contributed by atoms with E-state index < -0.39 is 17.9 Å². The molecule has 0 saturated carbocycles. The van der Waals surface area contributed by atoms with Crippen LogP contribution in [0.2, 0.25) is 0 Å². The van der Waals surface area contributed by atoms with Crippen LogP contribution in [0.3, 0.4) is 0 Å². The lowest BCUT2D eigenvalue weighted by molar-refractivity contribution is -0.118. The molecule has 0 aliphatic carbocycles. The molecule has 0 spiro atoms. The van der Waals surface area contributed by atoms with Crippen LogP contribution in [0.1, 0.15) is 40.0 Å². The molecule has 0 radical (unpaired) electrons. The van der Waals surface area contributed by atoms with Crippen molar-refractivity contribution in [3.63, 3.8) is 0 Å². The van der Waals surface area contributed by atoms with E-state index in [0.29, 0.717) is 60.5 Å². The van der Waals surface area contributed by atoms with Crippen LogP contribution < -0.4 is 31.6 Å². The summed E-state index contributed by atoms with van der Waals surface area (Å²) in [5.41, 5.74) is 12.7. The molecular weight excluding hydrogens is 400 g/mol. The van der Waals surface area contributed by atoms with Gasteiger partial charge in [-0.05, 0) is 62.2 Å². The molecule has 0 bridgehead atoms. The standard InChI is InChI=1S/C22H28N4O5/c1-30-19-9-7-16(11-14(19)13-27)25-22(29)18(5-3-4-10-23)26-21(28)17-12-15(24)6-8-20(17)31-2/h6-9,11-13,18H,3-5,10,23-24H2,1-2H3,(H,25,29)(H,26,28)/t18-/m0/s1. The van der Waals surface area contributed by atoms with Crippen LogP contribution >= 0.6 is 0 Å². The van der Waals surface area contributed by atoms with Crippen molar-refractivity contribution < 1.29 is 23.9 Å². The van der Waals surface area contributed by atoms with Gasteiger partial charge in [0.2, 0.25) is 5.91 Å². The van der Waals surface area contributed by atoms with Gasteiger partial charge in [0.15, 0.2) is 6.29 Å². The number of aldehydes is 1. The third-order valence-corrected chi connectivity index (χ3v) is 4.66. The number of hydrogen-bond acceptors (Lipinski definition) is 7. The number of hydrogen-bond donors (Lipinski definition) is 4. The Hall–Kier alpha value is -3.59. The molecule has 9 heteroatoms. The molecule has 2 amide bonds. The molecule has 2 aromatic rings. The fourth-order valence-corrected chi connectivity index (χ4v) is 3.03. The van der Waals surface area contributed by atoms with Gasteiger partial charge in [-0.25, -0.2) is 0 Å². The summed E-state index contributed by atoms with van der Waals surface area (Å²) in [6.45, 7) is 0.479. The van der Waals surface area contributed by atoms with E-state index in [1.54, 1.807) is 24.3 Å². The van der Waals surface area contributed by atoms with E-state index in [4.69, 9.17) is 20.9 Å². The second-order valence-electron chi connectivity index (χ2n) is 6.83. The van der Waals surface area contributed by atoms with Gasteiger partial charge in [-0.2, -0.15) is 0 Å². The van der Waals surface area contributed by atoms with Crippen molar-refractivity contribution in [3.05, 3.63) is 47.5 Å². The highest BCUT2D eigenvalue weighted by Gasteiger charge is 2.23. The number of carbonyl (C=O) groups is 3. The number of rotatable bonds is 11. The Morgan fingerprint density at radius 2 is 1.77 bits per heavy atom. The van der Waals surface area contributed by atoms with Crippen LogP contribution in [0.15, 0.2) is 36.4 Å². The number of amides is 2. The Kier molecular flexibility index (Phi) is 8.83. The first kappa shape index (κ1) is 23.7. The van der Waals surface area contributed by atoms with Crippen LogP contribution in [0, 0.1) is 0 Å². The monoisotopic (exact) mass is 428 g/mol. The zero-order valence-electron chi connectivity index (χ0n) is 17.6. The normalized spacial score (nSPS) is 11.3. The third-order valence-electron chi connectivity index (χ3n) is 4.66. The Morgan fingerprint density at radius 3 is 2.42 bits per heavy atom. The maximum Gasteiger partial charge on any atom is 0.255 e. The predicted octanol–water partition coefficient (Wildman–Crippen LogP) is 1.96. The average molecular weight is 428 g/mol. The van der Waals surface area contributed by atoms with Crippen molar-refractivity contribution in [2.75, 3.05) is 31.8 Å². The van der Waals surface area contributed by atoms with Gasteiger partial charge in [0, 0.05) is 11.4 Å². The lowest BCUT2D eigenvalue weighted by atomic mass is 10.1. The molecule has 31 heavy (non-hydrogen) atoms. The van der Waals surface area contributed by atoms with Crippen molar-refractivity contribution in [1.82, 2.24) is 5.32 Å². The first-order chi connectivity index (χ1) is 14.9. The molecule has 6 N–H and O–H groups in total. The van der Waals surface area contributed by atoms with E-state index in [9.17, 15) is 14.4 Å². The average Bonchev–Trinajstić information content (AvgIpc) is 2.78. The Bertz CT molecular complexity index is 932. The maximum absolute atomic E-state index is 12.9. The number of nitrogen functional groups attached to an aromatic ring is 1. The number of nitrogens with two attached hydrogens (primary N) is 2. The van der Waals surface area contributed by atoms with Gasteiger partial charge < -0.3 is 31.6 Å². The fourth-order valence-electron chi connectivity index (χ4n) is 3.03. The molecule has 0 aromatic heterocycles. The molecular formula is C22H28N4O5. The van der Waals surface area contributed by atoms with Gasteiger partial charge in [0.25, 0.3) is 5.91 Å². The van der Waals surface area contributed by atoms with Crippen LogP contribution in [0.5, 0.6) is 11.5 Å². The molecule has 0 fully saturated rings. The second-order valence-corrected chi connectivity index (χ2v) is 6.83. The van der Waals surface area contributed by atoms with Crippen LogP contribution in [0.4, 0.5) is 11.4 Å². The first-order valence-corrected chi connectivity index (χ1v) is 9.82. The fraction of sp³-hybridized carbons (Fsp3) is 0.318. The summed E-state index contributed by atoms with van der Waals surface area (Å²) in [5.74, 6) is -0.163. The number of methoxy groups -OCH3 is 2. The van der Waals surface area contributed by atoms with Gasteiger partial charge >= 0.3 is 0 Å². The minimum absolute atomic E-state index is 0.229. The van der Waals surface area contributed by atoms with Crippen LogP contribution in [-0.4, -0.2) is 44.9 Å². The minimum atomic E-state index is -0.827. The second kappa shape index (κ2) is 11.6. The first-order valence-electron chi connectivity index (χ1n) is 9.82. The summed E-state index contributed by atoms with van der Waals surface area (Å²) < 4.78 is 10.3. The van der Waals surface area contributed by atoms with Gasteiger partial charge in [-0.3, -0.25) is 14.4 Å². The van der Waals surface area contributed by atoms with Crippen LogP contribution in [-0.2, 0) is 4.79 Å². The summed E-state index contributed by atoms with van der Waals surface area (Å²) >= 11 is 0. The van der Waals surface area contributed by atoms with E-state index in [1.165, 1.54) is 26.4 Å². The van der Waals surface area contributed by atoms with Gasteiger partial charge in [0.05, 0.1) is 25.3 Å². The SMILES string of the molecule is COc1ccc(NC(=O)[C@H](CCCCN)NC(=O)c2cc(N)ccc2OC)cc1C=O. The summed E-state index contributed by atoms with van der Waals surface area (Å²) in [4.78, 5) is 37.0. The van der Waals surface area contributed by atoms with Gasteiger partial charge in [-0.15, -0.1) is 0 Å². The lowest BCUT2D eigenvalue weighted by Crippen LogP contribution is -2.44. The molecule has 0 aliphatic heterocycles. The number of carbonyl (C=O) groups excluding carboxylic acids is 3. The molecule has 0 heterocycles. The number of benzene rings is 2. The Labute approximate surface area is 181 Å². The summed E-state index contributed by atoms with van der Waals surface area (Å²) in [6.07, 6.45) is 2.38. The van der Waals surface area contributed by atoms with Gasteiger partial charge in [-0.1, -0.05) is 0 Å². The Morgan fingerprint density at radius 1 is 1.06 bits per heavy atom. The van der Waals surface area contributed by atoms with E-state index in [-0.39, 0.29) is 5.56 Å². The van der Waals surface area contributed by atoms with Crippen molar-refractivity contribution in [3.8, 4) is 11.5 Å². The predicted molar refractivity (Wildman–Crippen MR) is 119 cm³/mol. The third kappa shape index (κ3) is 6.45. The molecule has 0 aliphatic rings. The number of ether oxygens (including phenoxy) is 2. The quantitative estimate of drug-likeness (QED) is 0.243. The number of unbranched alkanes of at least 4 members (excludes halogenated alkanes) is 1. The maximum atomic E-state index is 12.9. The number of nitrogens with one attached hydrogen (secondary N) is 2. The summed E-state index contributed by atoms with van der Waals surface area (Å²) in [6, 6.07) is 8.57. The van der Waals surface area contributed by atoms with Crippen molar-refractivity contribution in [2.24, 2.45) is 5.73 Å². The van der Waals surface area contributed by atoms with Crippen LogP contribution in [0.25, 0.3) is 0 Å². The zero-order chi connectivity index (χ0) is 22.8. The van der Waals surface area contributed by atoms with E-state index >= 15 is 0 Å². The van der Waals surface area contributed by atoms with Crippen molar-refractivity contribution in [1.29, 1.82) is 0 Å². The highest BCUT2D eigenvalue weighted by molar-refractivity contribution is 6.03. The van der Waals surface area contributed by atoms with E-state index in [1.807, 2.05) is 0 Å². The highest BCUT2D eigenvalue weighted by atomic mass is 16.5. The van der Waals surface area contributed by atoms with E-state index in [0.717, 1.165) is 0 Å². The Balaban J connectivity index is 2.21. The minimum Gasteiger partial charge on any atom is -0.496 e. The number of anilines is 2. The molecule has 166 valence electrons. The lowest BCUT2D eigenvalue weighted by Gasteiger charge is -2.20. The van der Waals surface area contributed by atoms with Crippen molar-refractivity contribution in [2.45, 2.75) is 25.3 Å². The smallest absolute Gasteiger partial charge is 0.255 e.